The summed E-state index contributed by atoms with van der Waals surface area (Å²) in [6.07, 6.45) is -10.3. The molecule has 3 aliphatic rings. The zero-order valence-electron chi connectivity index (χ0n) is 28.8. The molecule has 7 N–H and O–H groups in total. The Bertz CT molecular complexity index is 1640. The Hall–Kier alpha value is -3.22. The fourth-order valence-electron chi connectivity index (χ4n) is 7.46. The van der Waals surface area contributed by atoms with Gasteiger partial charge in [-0.2, -0.15) is 0 Å². The van der Waals surface area contributed by atoms with E-state index in [4.69, 9.17) is 28.1 Å². The standard InChI is InChI=1S/C36H48O15/c1-18(2)22-9-5-19(3)23(15-46-21-8-6-20-7-10-28(40)48-24(20)13-21)35(22,4)12-11-27(39)47-16-26-29(41)31(43)32(44)34(49-26)51-36(17-38)33(45)30(42)25(14-37)50-36/h5-8,10,13,22-23,25-26,29-34,37-38,41-45H,1,9,11-12,14-17H2,2-4H3/t22-,23+,25+,26-,29-,30-,31+,32-,33-,34+,35+,36-/m0/s1. The van der Waals surface area contributed by atoms with Crippen LogP contribution in [0.25, 0.3) is 11.0 Å². The van der Waals surface area contributed by atoms with Crippen molar-refractivity contribution in [1.82, 2.24) is 0 Å². The number of fused-ring (bicyclic) bond motifs is 1. The van der Waals surface area contributed by atoms with Crippen LogP contribution in [0.5, 0.6) is 5.75 Å². The van der Waals surface area contributed by atoms with Gasteiger partial charge in [0.2, 0.25) is 5.79 Å². The van der Waals surface area contributed by atoms with Gasteiger partial charge in [0.15, 0.2) is 6.29 Å². The third-order valence-electron chi connectivity index (χ3n) is 10.6. The van der Waals surface area contributed by atoms with Crippen LogP contribution in [-0.2, 0) is 23.7 Å². The van der Waals surface area contributed by atoms with Crippen LogP contribution >= 0.6 is 0 Å². The van der Waals surface area contributed by atoms with E-state index < -0.39 is 91.6 Å². The molecule has 282 valence electrons. The maximum atomic E-state index is 13.2. The molecule has 0 bridgehead atoms. The Morgan fingerprint density at radius 3 is 2.39 bits per heavy atom. The van der Waals surface area contributed by atoms with E-state index in [0.717, 1.165) is 23.0 Å². The van der Waals surface area contributed by atoms with Crippen molar-refractivity contribution in [3.05, 3.63) is 64.6 Å². The Labute approximate surface area is 294 Å². The van der Waals surface area contributed by atoms with Crippen molar-refractivity contribution in [2.75, 3.05) is 26.4 Å². The second kappa shape index (κ2) is 15.8. The van der Waals surface area contributed by atoms with Gasteiger partial charge in [-0.05, 0) is 56.2 Å². The summed E-state index contributed by atoms with van der Waals surface area (Å²) in [5.74, 6) is -2.57. The van der Waals surface area contributed by atoms with Gasteiger partial charge in [-0.25, -0.2) is 4.79 Å². The summed E-state index contributed by atoms with van der Waals surface area (Å²) in [4.78, 5) is 24.9. The molecule has 0 amide bonds. The Balaban J connectivity index is 1.23. The van der Waals surface area contributed by atoms with Crippen molar-refractivity contribution in [2.24, 2.45) is 17.3 Å². The molecule has 51 heavy (non-hydrogen) atoms. The lowest BCUT2D eigenvalue weighted by atomic mass is 9.58. The molecule has 3 heterocycles. The van der Waals surface area contributed by atoms with E-state index in [2.05, 4.69) is 19.6 Å². The molecular weight excluding hydrogens is 672 g/mol. The molecule has 2 fully saturated rings. The molecular formula is C36H48O15. The first-order valence-electron chi connectivity index (χ1n) is 16.9. The van der Waals surface area contributed by atoms with Crippen LogP contribution < -0.4 is 10.4 Å². The minimum atomic E-state index is -2.34. The van der Waals surface area contributed by atoms with Gasteiger partial charge in [0.25, 0.3) is 0 Å². The lowest BCUT2D eigenvalue weighted by molar-refractivity contribution is -0.383. The molecule has 1 aliphatic carbocycles. The first-order chi connectivity index (χ1) is 24.1. The molecule has 12 atom stereocenters. The first-order valence-corrected chi connectivity index (χ1v) is 16.9. The number of rotatable bonds is 13. The van der Waals surface area contributed by atoms with Crippen LogP contribution in [-0.4, -0.2) is 123 Å². The second-order valence-corrected chi connectivity index (χ2v) is 14.0. The molecule has 2 aromatic rings. The van der Waals surface area contributed by atoms with Gasteiger partial charge in [-0.15, -0.1) is 0 Å². The zero-order valence-corrected chi connectivity index (χ0v) is 28.8. The summed E-state index contributed by atoms with van der Waals surface area (Å²) in [6.45, 7) is 8.22. The molecule has 0 unspecified atom stereocenters. The maximum absolute atomic E-state index is 13.2. The normalized spacial score (nSPS) is 36.9. The van der Waals surface area contributed by atoms with Crippen molar-refractivity contribution in [3.8, 4) is 5.75 Å². The predicted octanol–water partition coefficient (Wildman–Crippen LogP) is 0.286. The highest BCUT2D eigenvalue weighted by Gasteiger charge is 2.58. The largest absolute Gasteiger partial charge is 0.493 e. The minimum Gasteiger partial charge on any atom is -0.493 e. The second-order valence-electron chi connectivity index (χ2n) is 14.0. The van der Waals surface area contributed by atoms with Gasteiger partial charge in [-0.3, -0.25) is 4.79 Å². The fraction of sp³-hybridized carbons (Fsp3) is 0.611. The van der Waals surface area contributed by atoms with E-state index in [9.17, 15) is 45.3 Å². The topological polar surface area (TPSA) is 235 Å². The van der Waals surface area contributed by atoms with E-state index in [1.807, 2.05) is 13.8 Å². The third-order valence-corrected chi connectivity index (χ3v) is 10.6. The molecule has 5 rings (SSSR count). The highest BCUT2D eigenvalue weighted by Crippen LogP contribution is 2.51. The average molecular weight is 721 g/mol. The van der Waals surface area contributed by atoms with E-state index in [1.165, 1.54) is 6.07 Å². The van der Waals surface area contributed by atoms with Crippen molar-refractivity contribution in [3.63, 3.8) is 0 Å². The predicted molar refractivity (Wildman–Crippen MR) is 178 cm³/mol. The van der Waals surface area contributed by atoms with Crippen LogP contribution in [0.3, 0.4) is 0 Å². The number of aliphatic hydroxyl groups excluding tert-OH is 7. The number of aliphatic hydroxyl groups is 7. The molecule has 15 heteroatoms. The molecule has 0 radical (unpaired) electrons. The molecule has 2 aliphatic heterocycles. The number of benzene rings is 1. The van der Waals surface area contributed by atoms with E-state index in [1.54, 1.807) is 24.3 Å². The van der Waals surface area contributed by atoms with Crippen molar-refractivity contribution in [2.45, 2.75) is 94.8 Å². The number of hydrogen-bond acceptors (Lipinski definition) is 15. The van der Waals surface area contributed by atoms with Gasteiger partial charge in [0.05, 0.1) is 13.2 Å². The van der Waals surface area contributed by atoms with E-state index >= 15 is 0 Å². The SMILES string of the molecule is C=C(C)[C@@H]1CC=C(C)[C@@H](COc2ccc3ccc(=O)oc3c2)[C@]1(C)CCC(=O)OC[C@@H]1O[C@H](O[C@]2(CO)O[C@H](CO)[C@H](O)[C@@H]2O)[C@@H](O)[C@H](O)[C@H]1O. The van der Waals surface area contributed by atoms with Gasteiger partial charge in [-0.1, -0.05) is 30.7 Å². The van der Waals surface area contributed by atoms with E-state index in [0.29, 0.717) is 17.8 Å². The lowest BCUT2D eigenvalue weighted by Gasteiger charge is -2.47. The van der Waals surface area contributed by atoms with Gasteiger partial charge >= 0.3 is 11.6 Å². The van der Waals surface area contributed by atoms with Crippen molar-refractivity contribution in [1.29, 1.82) is 0 Å². The van der Waals surface area contributed by atoms with Crippen LogP contribution in [0.1, 0.15) is 40.0 Å². The smallest absolute Gasteiger partial charge is 0.336 e. The van der Waals surface area contributed by atoms with Crippen molar-refractivity contribution >= 4 is 16.9 Å². The van der Waals surface area contributed by atoms with Crippen LogP contribution in [0.15, 0.2) is 63.3 Å². The van der Waals surface area contributed by atoms with Crippen LogP contribution in [0.2, 0.25) is 0 Å². The summed E-state index contributed by atoms with van der Waals surface area (Å²) in [6, 6.07) is 8.29. The number of carbonyl (C=O) groups is 1. The molecule has 0 spiro atoms. The molecule has 0 saturated carbocycles. The monoisotopic (exact) mass is 720 g/mol. The van der Waals surface area contributed by atoms with Crippen molar-refractivity contribution < 1.29 is 68.6 Å². The minimum absolute atomic E-state index is 0.00576. The maximum Gasteiger partial charge on any atom is 0.336 e. The number of allylic oxidation sites excluding steroid dienone is 2. The molecule has 15 nitrogen and oxygen atoms in total. The van der Waals surface area contributed by atoms with Gasteiger partial charge in [0, 0.05) is 29.9 Å². The molecule has 1 aromatic heterocycles. The summed E-state index contributed by atoms with van der Waals surface area (Å²) in [7, 11) is 0. The van der Waals surface area contributed by atoms with Crippen LogP contribution in [0.4, 0.5) is 0 Å². The number of hydrogen-bond donors (Lipinski definition) is 7. The third kappa shape index (κ3) is 7.93. The number of ether oxygens (including phenoxy) is 5. The highest BCUT2D eigenvalue weighted by molar-refractivity contribution is 5.77. The average Bonchev–Trinajstić information content (AvgIpc) is 3.34. The van der Waals surface area contributed by atoms with E-state index in [-0.39, 0.29) is 24.9 Å². The summed E-state index contributed by atoms with van der Waals surface area (Å²) in [5, 5.41) is 72.5. The number of carbonyl (C=O) groups excluding carboxylic acids is 1. The Morgan fingerprint density at radius 1 is 1.00 bits per heavy atom. The quantitative estimate of drug-likeness (QED) is 0.0837. The molecule has 2 saturated heterocycles. The number of esters is 1. The zero-order chi connectivity index (χ0) is 37.2. The summed E-state index contributed by atoms with van der Waals surface area (Å²) in [5.41, 5.74) is 1.47. The first kappa shape index (κ1) is 39.0. The summed E-state index contributed by atoms with van der Waals surface area (Å²) < 4.78 is 33.5. The Morgan fingerprint density at radius 2 is 1.73 bits per heavy atom. The van der Waals surface area contributed by atoms with Crippen LogP contribution in [0, 0.1) is 17.3 Å². The fourth-order valence-corrected chi connectivity index (χ4v) is 7.46. The Kier molecular flexibility index (Phi) is 12.1. The lowest BCUT2D eigenvalue weighted by Crippen LogP contribution is -2.62. The summed E-state index contributed by atoms with van der Waals surface area (Å²) >= 11 is 0. The van der Waals surface area contributed by atoms with Gasteiger partial charge in [0.1, 0.15) is 67.3 Å². The van der Waals surface area contributed by atoms with Gasteiger partial charge < -0.3 is 63.8 Å². The molecule has 1 aromatic carbocycles. The highest BCUT2D eigenvalue weighted by atomic mass is 16.8.